The van der Waals surface area contributed by atoms with E-state index in [9.17, 15) is 8.78 Å². The highest BCUT2D eigenvalue weighted by Crippen LogP contribution is 2.30. The lowest BCUT2D eigenvalue weighted by molar-refractivity contribution is 0.0673. The van der Waals surface area contributed by atoms with Crippen LogP contribution in [-0.4, -0.2) is 9.55 Å². The Morgan fingerprint density at radius 1 is 1.44 bits per heavy atom. The first-order valence-corrected chi connectivity index (χ1v) is 6.24. The molecule has 1 heterocycles. The molecule has 2 rings (SSSR count). The van der Waals surface area contributed by atoms with Gasteiger partial charge in [-0.25, -0.2) is 4.98 Å². The summed E-state index contributed by atoms with van der Waals surface area (Å²) in [6.07, 6.45) is 2.59. The van der Waals surface area contributed by atoms with E-state index in [4.69, 9.17) is 11.6 Å². The normalized spacial score (nSPS) is 10.9. The molecular formula is C11H9BrClF2N3. The maximum atomic E-state index is 12.6. The minimum absolute atomic E-state index is 0.191. The summed E-state index contributed by atoms with van der Waals surface area (Å²) >= 11 is 9.25. The fourth-order valence-corrected chi connectivity index (χ4v) is 2.05. The van der Waals surface area contributed by atoms with Gasteiger partial charge >= 0.3 is 6.55 Å². The van der Waals surface area contributed by atoms with E-state index in [2.05, 4.69) is 26.2 Å². The van der Waals surface area contributed by atoms with Crippen LogP contribution in [0.5, 0.6) is 0 Å². The van der Waals surface area contributed by atoms with E-state index in [0.717, 1.165) is 10.3 Å². The van der Waals surface area contributed by atoms with Gasteiger partial charge in [0.05, 0.1) is 21.7 Å². The Morgan fingerprint density at radius 3 is 2.94 bits per heavy atom. The number of alkyl halides is 2. The molecule has 0 unspecified atom stereocenters. The molecule has 18 heavy (non-hydrogen) atoms. The molecule has 0 atom stereocenters. The summed E-state index contributed by atoms with van der Waals surface area (Å²) in [5.74, 6) is 0.261. The molecular weight excluding hydrogens is 327 g/mol. The number of rotatable bonds is 4. The number of nitrogens with one attached hydrogen (secondary N) is 1. The van der Waals surface area contributed by atoms with E-state index in [1.165, 1.54) is 12.4 Å². The monoisotopic (exact) mass is 335 g/mol. The van der Waals surface area contributed by atoms with Crippen molar-refractivity contribution in [2.45, 2.75) is 13.1 Å². The number of nitrogens with zero attached hydrogens (tertiary/aromatic N) is 2. The maximum absolute atomic E-state index is 12.6. The van der Waals surface area contributed by atoms with E-state index < -0.39 is 6.55 Å². The molecule has 0 spiro atoms. The third-order valence-corrected chi connectivity index (χ3v) is 3.75. The number of benzene rings is 1. The summed E-state index contributed by atoms with van der Waals surface area (Å²) in [6, 6.07) is 5.30. The molecule has 0 amide bonds. The lowest BCUT2D eigenvalue weighted by Crippen LogP contribution is -2.09. The molecule has 0 aliphatic carbocycles. The van der Waals surface area contributed by atoms with Crippen molar-refractivity contribution < 1.29 is 8.78 Å². The summed E-state index contributed by atoms with van der Waals surface area (Å²) < 4.78 is 26.7. The first kappa shape index (κ1) is 13.3. The summed E-state index contributed by atoms with van der Waals surface area (Å²) in [5.41, 5.74) is 0.728. The molecule has 3 nitrogen and oxygen atoms in total. The molecule has 0 bridgehead atoms. The third kappa shape index (κ3) is 2.81. The van der Waals surface area contributed by atoms with E-state index in [1.54, 1.807) is 18.2 Å². The zero-order valence-corrected chi connectivity index (χ0v) is 11.4. The van der Waals surface area contributed by atoms with Crippen molar-refractivity contribution in [3.63, 3.8) is 0 Å². The Labute approximate surface area is 116 Å². The first-order chi connectivity index (χ1) is 8.59. The molecule has 96 valence electrons. The number of aromatic nitrogens is 2. The van der Waals surface area contributed by atoms with Gasteiger partial charge < -0.3 is 5.32 Å². The largest absolute Gasteiger partial charge is 0.377 e. The van der Waals surface area contributed by atoms with Gasteiger partial charge in [0, 0.05) is 12.4 Å². The summed E-state index contributed by atoms with van der Waals surface area (Å²) in [7, 11) is 0. The fourth-order valence-electron chi connectivity index (χ4n) is 1.47. The van der Waals surface area contributed by atoms with E-state index in [0.29, 0.717) is 9.50 Å². The average molecular weight is 337 g/mol. The second kappa shape index (κ2) is 5.67. The minimum Gasteiger partial charge on any atom is -0.377 e. The first-order valence-electron chi connectivity index (χ1n) is 5.07. The van der Waals surface area contributed by atoms with E-state index >= 15 is 0 Å². The van der Waals surface area contributed by atoms with Gasteiger partial charge in [-0.3, -0.25) is 4.57 Å². The highest BCUT2D eigenvalue weighted by atomic mass is 79.9. The van der Waals surface area contributed by atoms with Crippen LogP contribution in [0.3, 0.4) is 0 Å². The van der Waals surface area contributed by atoms with E-state index in [1.807, 2.05) is 0 Å². The van der Waals surface area contributed by atoms with Crippen molar-refractivity contribution in [3.8, 4) is 0 Å². The summed E-state index contributed by atoms with van der Waals surface area (Å²) in [4.78, 5) is 3.88. The zero-order valence-electron chi connectivity index (χ0n) is 9.08. The van der Waals surface area contributed by atoms with Crippen molar-refractivity contribution in [2.24, 2.45) is 0 Å². The predicted molar refractivity (Wildman–Crippen MR) is 70.0 cm³/mol. The van der Waals surface area contributed by atoms with Crippen LogP contribution in [0.25, 0.3) is 0 Å². The van der Waals surface area contributed by atoms with Gasteiger partial charge in [0.2, 0.25) is 0 Å². The molecule has 7 heteroatoms. The Balaban J connectivity index is 2.12. The second-order valence-corrected chi connectivity index (χ2v) is 4.68. The third-order valence-electron chi connectivity index (χ3n) is 2.35. The summed E-state index contributed by atoms with van der Waals surface area (Å²) in [6.45, 7) is -2.40. The van der Waals surface area contributed by atoms with Crippen molar-refractivity contribution in [2.75, 3.05) is 5.32 Å². The van der Waals surface area contributed by atoms with Crippen LogP contribution in [0.1, 0.15) is 12.4 Å². The number of hydrogen-bond acceptors (Lipinski definition) is 2. The predicted octanol–water partition coefficient (Wildman–Crippen LogP) is 4.31. The van der Waals surface area contributed by atoms with Crippen LogP contribution >= 0.6 is 27.5 Å². The van der Waals surface area contributed by atoms with Gasteiger partial charge in [-0.1, -0.05) is 17.7 Å². The van der Waals surface area contributed by atoms with Crippen molar-refractivity contribution in [1.82, 2.24) is 9.55 Å². The molecule has 0 saturated carbocycles. The minimum atomic E-state index is -2.59. The van der Waals surface area contributed by atoms with Crippen LogP contribution in [0.4, 0.5) is 14.5 Å². The van der Waals surface area contributed by atoms with Crippen LogP contribution in [0.15, 0.2) is 35.1 Å². The molecule has 0 fully saturated rings. The van der Waals surface area contributed by atoms with Crippen molar-refractivity contribution in [1.29, 1.82) is 0 Å². The van der Waals surface area contributed by atoms with Gasteiger partial charge in [0.25, 0.3) is 0 Å². The van der Waals surface area contributed by atoms with Crippen LogP contribution < -0.4 is 5.32 Å². The second-order valence-electron chi connectivity index (χ2n) is 3.48. The van der Waals surface area contributed by atoms with Crippen LogP contribution in [0.2, 0.25) is 5.02 Å². The lowest BCUT2D eigenvalue weighted by Gasteiger charge is -2.10. The zero-order chi connectivity index (χ0) is 13.1. The fraction of sp³-hybridized carbons (Fsp3) is 0.182. The molecule has 1 N–H and O–H groups in total. The Kier molecular flexibility index (Phi) is 4.19. The molecule has 0 aliphatic heterocycles. The highest BCUT2D eigenvalue weighted by molar-refractivity contribution is 9.10. The number of halogens is 4. The van der Waals surface area contributed by atoms with Crippen LogP contribution in [-0.2, 0) is 6.54 Å². The molecule has 1 aromatic heterocycles. The van der Waals surface area contributed by atoms with Gasteiger partial charge in [0.1, 0.15) is 5.82 Å². The quantitative estimate of drug-likeness (QED) is 0.902. The number of imidazole rings is 1. The highest BCUT2D eigenvalue weighted by Gasteiger charge is 2.11. The Bertz CT molecular complexity index is 545. The lowest BCUT2D eigenvalue weighted by atomic mass is 10.3. The van der Waals surface area contributed by atoms with Crippen LogP contribution in [0, 0.1) is 0 Å². The average Bonchev–Trinajstić information content (AvgIpc) is 2.79. The molecule has 1 aromatic carbocycles. The SMILES string of the molecule is FC(F)n1ccnc1CNc1cccc(Cl)c1Br. The topological polar surface area (TPSA) is 29.9 Å². The Hall–Kier alpha value is -1.14. The molecule has 0 aliphatic rings. The van der Waals surface area contributed by atoms with Gasteiger partial charge in [0.15, 0.2) is 0 Å². The molecule has 0 saturated heterocycles. The Morgan fingerprint density at radius 2 is 2.22 bits per heavy atom. The van der Waals surface area contributed by atoms with E-state index in [-0.39, 0.29) is 12.4 Å². The number of anilines is 1. The van der Waals surface area contributed by atoms with Crippen molar-refractivity contribution >= 4 is 33.2 Å². The molecule has 2 aromatic rings. The maximum Gasteiger partial charge on any atom is 0.319 e. The van der Waals surface area contributed by atoms with Crippen molar-refractivity contribution in [3.05, 3.63) is 45.9 Å². The van der Waals surface area contributed by atoms with Gasteiger partial charge in [-0.05, 0) is 28.1 Å². The summed E-state index contributed by atoms with van der Waals surface area (Å²) in [5, 5.41) is 3.56. The van der Waals surface area contributed by atoms with Gasteiger partial charge in [-0.2, -0.15) is 8.78 Å². The number of hydrogen-bond donors (Lipinski definition) is 1. The van der Waals surface area contributed by atoms with Gasteiger partial charge in [-0.15, -0.1) is 0 Å². The smallest absolute Gasteiger partial charge is 0.319 e. The molecule has 0 radical (unpaired) electrons. The standard InChI is InChI=1S/C11H9BrClF2N3/c12-10-7(13)2-1-3-8(10)17-6-9-16-4-5-18(9)11(14)15/h1-5,11,17H,6H2.